The lowest BCUT2D eigenvalue weighted by molar-refractivity contribution is 0.0484. The lowest BCUT2D eigenvalue weighted by atomic mass is 9.92. The molecule has 18 heavy (non-hydrogen) atoms. The van der Waals surface area contributed by atoms with E-state index in [4.69, 9.17) is 9.15 Å². The zero-order valence-corrected chi connectivity index (χ0v) is 12.2. The fourth-order valence-electron chi connectivity index (χ4n) is 1.64. The number of esters is 1. The number of hydrogen-bond donors (Lipinski definition) is 0. The Morgan fingerprint density at radius 1 is 1.39 bits per heavy atom. The summed E-state index contributed by atoms with van der Waals surface area (Å²) in [6.45, 7) is 12.4. The molecule has 0 radical (unpaired) electrons. The topological polar surface area (TPSA) is 52.3 Å². The number of oxazole rings is 1. The van der Waals surface area contributed by atoms with Crippen molar-refractivity contribution in [2.45, 2.75) is 53.9 Å². The van der Waals surface area contributed by atoms with Gasteiger partial charge in [0, 0.05) is 6.42 Å². The molecule has 0 fully saturated rings. The molecule has 0 saturated heterocycles. The summed E-state index contributed by atoms with van der Waals surface area (Å²) in [5, 5.41) is 0. The van der Waals surface area contributed by atoms with Gasteiger partial charge in [0.05, 0.1) is 12.3 Å². The van der Waals surface area contributed by atoms with Crippen LogP contribution in [0.25, 0.3) is 0 Å². The first kappa shape index (κ1) is 14.7. The first-order valence-electron chi connectivity index (χ1n) is 6.41. The molecule has 0 aliphatic carbocycles. The van der Waals surface area contributed by atoms with E-state index in [1.54, 1.807) is 6.92 Å². The number of carbonyl (C=O) groups excluding carboxylic acids is 1. The molecule has 1 rings (SSSR count). The molecular formula is C14H23NO3. The number of rotatable bonds is 4. The van der Waals surface area contributed by atoms with Crippen molar-refractivity contribution >= 4 is 5.97 Å². The van der Waals surface area contributed by atoms with Crippen molar-refractivity contribution in [1.29, 1.82) is 0 Å². The average Bonchev–Trinajstić information content (AvgIpc) is 2.59. The SMILES string of the molecule is CCOC(=O)c1oc(CC(C)(C)C)nc1C(C)C. The van der Waals surface area contributed by atoms with Gasteiger partial charge in [0.25, 0.3) is 0 Å². The van der Waals surface area contributed by atoms with E-state index in [0.717, 1.165) is 0 Å². The predicted octanol–water partition coefficient (Wildman–Crippen LogP) is 3.56. The summed E-state index contributed by atoms with van der Waals surface area (Å²) < 4.78 is 10.6. The van der Waals surface area contributed by atoms with Gasteiger partial charge in [-0.15, -0.1) is 0 Å². The van der Waals surface area contributed by atoms with E-state index in [-0.39, 0.29) is 17.1 Å². The van der Waals surface area contributed by atoms with Crippen molar-refractivity contribution in [3.63, 3.8) is 0 Å². The zero-order valence-electron chi connectivity index (χ0n) is 12.2. The molecule has 0 spiro atoms. The number of ether oxygens (including phenoxy) is 1. The Balaban J connectivity index is 3.05. The van der Waals surface area contributed by atoms with E-state index in [9.17, 15) is 4.79 Å². The van der Waals surface area contributed by atoms with Crippen LogP contribution in [0.5, 0.6) is 0 Å². The van der Waals surface area contributed by atoms with E-state index in [1.807, 2.05) is 13.8 Å². The van der Waals surface area contributed by atoms with Crippen LogP contribution in [-0.4, -0.2) is 17.6 Å². The minimum Gasteiger partial charge on any atom is -0.460 e. The van der Waals surface area contributed by atoms with E-state index >= 15 is 0 Å². The first-order chi connectivity index (χ1) is 8.24. The second kappa shape index (κ2) is 5.55. The summed E-state index contributed by atoms with van der Waals surface area (Å²) in [7, 11) is 0. The maximum atomic E-state index is 11.8. The summed E-state index contributed by atoms with van der Waals surface area (Å²) in [6, 6.07) is 0. The molecule has 0 N–H and O–H groups in total. The number of hydrogen-bond acceptors (Lipinski definition) is 4. The molecule has 0 amide bonds. The van der Waals surface area contributed by atoms with Crippen LogP contribution in [0.3, 0.4) is 0 Å². The minimum absolute atomic E-state index is 0.0744. The van der Waals surface area contributed by atoms with Crippen LogP contribution in [0.2, 0.25) is 0 Å². The Morgan fingerprint density at radius 3 is 2.44 bits per heavy atom. The third-order valence-corrected chi connectivity index (χ3v) is 2.39. The molecule has 4 nitrogen and oxygen atoms in total. The van der Waals surface area contributed by atoms with Crippen LogP contribution in [-0.2, 0) is 11.2 Å². The quantitative estimate of drug-likeness (QED) is 0.770. The van der Waals surface area contributed by atoms with Gasteiger partial charge in [0.15, 0.2) is 5.89 Å². The fraction of sp³-hybridized carbons (Fsp3) is 0.714. The Kier molecular flexibility index (Phi) is 4.54. The van der Waals surface area contributed by atoms with Crippen LogP contribution in [0.4, 0.5) is 0 Å². The number of carbonyl (C=O) groups is 1. The zero-order chi connectivity index (χ0) is 13.9. The normalized spacial score (nSPS) is 11.9. The van der Waals surface area contributed by atoms with Gasteiger partial charge in [-0.25, -0.2) is 9.78 Å². The lowest BCUT2D eigenvalue weighted by Gasteiger charge is -2.14. The van der Waals surface area contributed by atoms with E-state index in [1.165, 1.54) is 0 Å². The van der Waals surface area contributed by atoms with Crippen LogP contribution in [0, 0.1) is 5.41 Å². The summed E-state index contributed by atoms with van der Waals surface area (Å²) in [5.74, 6) is 0.580. The molecule has 0 saturated carbocycles. The molecule has 1 heterocycles. The molecule has 0 bridgehead atoms. The predicted molar refractivity (Wildman–Crippen MR) is 69.7 cm³/mol. The van der Waals surface area contributed by atoms with E-state index < -0.39 is 5.97 Å². The molecule has 102 valence electrons. The Labute approximate surface area is 109 Å². The van der Waals surface area contributed by atoms with Gasteiger partial charge >= 0.3 is 5.97 Å². The largest absolute Gasteiger partial charge is 0.460 e. The van der Waals surface area contributed by atoms with Gasteiger partial charge in [-0.3, -0.25) is 0 Å². The molecule has 0 unspecified atom stereocenters. The van der Waals surface area contributed by atoms with Crippen molar-refractivity contribution in [1.82, 2.24) is 4.98 Å². The summed E-state index contributed by atoms with van der Waals surface area (Å²) in [4.78, 5) is 16.2. The molecule has 0 aliphatic heterocycles. The van der Waals surface area contributed by atoms with Crippen LogP contribution in [0.15, 0.2) is 4.42 Å². The molecule has 0 atom stereocenters. The highest BCUT2D eigenvalue weighted by atomic mass is 16.5. The van der Waals surface area contributed by atoms with Gasteiger partial charge in [0.1, 0.15) is 0 Å². The minimum atomic E-state index is -0.422. The van der Waals surface area contributed by atoms with Crippen molar-refractivity contribution < 1.29 is 13.9 Å². The van der Waals surface area contributed by atoms with Crippen molar-refractivity contribution in [2.24, 2.45) is 5.41 Å². The standard InChI is InChI=1S/C14H23NO3/c1-7-17-13(16)12-11(9(2)3)15-10(18-12)8-14(4,5)6/h9H,7-8H2,1-6H3. The summed E-state index contributed by atoms with van der Waals surface area (Å²) >= 11 is 0. The Bertz CT molecular complexity index is 413. The van der Waals surface area contributed by atoms with Crippen molar-refractivity contribution in [2.75, 3.05) is 6.61 Å². The van der Waals surface area contributed by atoms with Crippen molar-refractivity contribution in [3.05, 3.63) is 17.3 Å². The highest BCUT2D eigenvalue weighted by molar-refractivity contribution is 5.87. The van der Waals surface area contributed by atoms with Gasteiger partial charge in [-0.2, -0.15) is 0 Å². The van der Waals surface area contributed by atoms with Gasteiger partial charge in [-0.05, 0) is 18.3 Å². The lowest BCUT2D eigenvalue weighted by Crippen LogP contribution is -2.09. The van der Waals surface area contributed by atoms with Crippen LogP contribution < -0.4 is 0 Å². The monoisotopic (exact) mass is 253 g/mol. The highest BCUT2D eigenvalue weighted by Crippen LogP contribution is 2.25. The Morgan fingerprint density at radius 2 is 2.00 bits per heavy atom. The maximum absolute atomic E-state index is 11.8. The summed E-state index contributed by atoms with van der Waals surface area (Å²) in [6.07, 6.45) is 0.701. The second-order valence-electron chi connectivity index (χ2n) is 5.93. The number of nitrogens with zero attached hydrogens (tertiary/aromatic N) is 1. The molecule has 0 aromatic carbocycles. The fourth-order valence-corrected chi connectivity index (χ4v) is 1.64. The molecule has 1 aromatic heterocycles. The third kappa shape index (κ3) is 3.86. The van der Waals surface area contributed by atoms with Gasteiger partial charge < -0.3 is 9.15 Å². The average molecular weight is 253 g/mol. The highest BCUT2D eigenvalue weighted by Gasteiger charge is 2.25. The van der Waals surface area contributed by atoms with E-state index in [0.29, 0.717) is 24.6 Å². The Hall–Kier alpha value is -1.32. The van der Waals surface area contributed by atoms with E-state index in [2.05, 4.69) is 25.8 Å². The van der Waals surface area contributed by atoms with Gasteiger partial charge in [0.2, 0.25) is 5.76 Å². The number of aromatic nitrogens is 1. The van der Waals surface area contributed by atoms with Crippen LogP contribution in [0.1, 0.15) is 69.6 Å². The molecular weight excluding hydrogens is 230 g/mol. The first-order valence-corrected chi connectivity index (χ1v) is 6.41. The third-order valence-electron chi connectivity index (χ3n) is 2.39. The molecule has 0 aliphatic rings. The van der Waals surface area contributed by atoms with Gasteiger partial charge in [-0.1, -0.05) is 34.6 Å². The maximum Gasteiger partial charge on any atom is 0.376 e. The smallest absolute Gasteiger partial charge is 0.376 e. The second-order valence-corrected chi connectivity index (χ2v) is 5.93. The molecule has 4 heteroatoms. The van der Waals surface area contributed by atoms with Crippen LogP contribution >= 0.6 is 0 Å². The summed E-state index contributed by atoms with van der Waals surface area (Å²) in [5.41, 5.74) is 0.762. The van der Waals surface area contributed by atoms with Crippen molar-refractivity contribution in [3.8, 4) is 0 Å². The molecule has 1 aromatic rings.